The van der Waals surface area contributed by atoms with Gasteiger partial charge in [-0.2, -0.15) is 0 Å². The number of aliphatic carboxylic acids is 1. The van der Waals surface area contributed by atoms with E-state index in [1.165, 1.54) is 51.4 Å². The van der Waals surface area contributed by atoms with E-state index in [0.717, 1.165) is 38.5 Å². The summed E-state index contributed by atoms with van der Waals surface area (Å²) in [5.41, 5.74) is 0. The van der Waals surface area contributed by atoms with Gasteiger partial charge in [0.2, 0.25) is 5.91 Å². The third-order valence-electron chi connectivity index (χ3n) is 5.49. The maximum atomic E-state index is 12.2. The molecule has 0 aliphatic rings. The maximum absolute atomic E-state index is 12.2. The predicted molar refractivity (Wildman–Crippen MR) is 114 cm³/mol. The van der Waals surface area contributed by atoms with Crippen molar-refractivity contribution < 1.29 is 14.7 Å². The lowest BCUT2D eigenvalue weighted by atomic mass is 9.97. The highest BCUT2D eigenvalue weighted by Gasteiger charge is 2.18. The lowest BCUT2D eigenvalue weighted by Gasteiger charge is -2.20. The lowest BCUT2D eigenvalue weighted by Crippen LogP contribution is -2.30. The van der Waals surface area contributed by atoms with Crippen LogP contribution in [0.2, 0.25) is 0 Å². The van der Waals surface area contributed by atoms with Crippen LogP contribution in [0, 0.1) is 5.92 Å². The molecule has 0 fully saturated rings. The van der Waals surface area contributed by atoms with E-state index in [2.05, 4.69) is 13.8 Å². The van der Waals surface area contributed by atoms with E-state index in [4.69, 9.17) is 0 Å². The zero-order valence-electron chi connectivity index (χ0n) is 18.3. The van der Waals surface area contributed by atoms with Gasteiger partial charge in [-0.15, -0.1) is 0 Å². The van der Waals surface area contributed by atoms with Crippen LogP contribution < -0.4 is 0 Å². The van der Waals surface area contributed by atoms with Gasteiger partial charge in [0.15, 0.2) is 0 Å². The highest BCUT2D eigenvalue weighted by atomic mass is 16.4. The molecule has 0 heterocycles. The Morgan fingerprint density at radius 2 is 1.22 bits per heavy atom. The number of hydrogen-bond acceptors (Lipinski definition) is 2. The molecule has 0 aliphatic carbocycles. The first-order valence-electron chi connectivity index (χ1n) is 11.5. The summed E-state index contributed by atoms with van der Waals surface area (Å²) in [6.07, 6.45) is 17.6. The Labute approximate surface area is 168 Å². The molecule has 1 atom stereocenters. The Morgan fingerprint density at radius 3 is 1.74 bits per heavy atom. The largest absolute Gasteiger partial charge is 0.481 e. The van der Waals surface area contributed by atoms with E-state index < -0.39 is 5.97 Å². The van der Waals surface area contributed by atoms with Gasteiger partial charge in [-0.3, -0.25) is 9.59 Å². The first kappa shape index (κ1) is 25.9. The minimum Gasteiger partial charge on any atom is -0.481 e. The third kappa shape index (κ3) is 15.7. The highest BCUT2D eigenvalue weighted by molar-refractivity contribution is 5.76. The van der Waals surface area contributed by atoms with E-state index in [9.17, 15) is 14.7 Å². The van der Waals surface area contributed by atoms with Gasteiger partial charge in [-0.05, 0) is 19.3 Å². The van der Waals surface area contributed by atoms with Crippen molar-refractivity contribution in [1.82, 2.24) is 4.90 Å². The molecule has 0 saturated carbocycles. The Morgan fingerprint density at radius 1 is 0.741 bits per heavy atom. The Hall–Kier alpha value is -1.06. The fraction of sp³-hybridized carbons (Fsp3) is 0.913. The number of rotatable bonds is 19. The van der Waals surface area contributed by atoms with Gasteiger partial charge in [0.25, 0.3) is 0 Å². The van der Waals surface area contributed by atoms with Crippen LogP contribution in [0.5, 0.6) is 0 Å². The lowest BCUT2D eigenvalue weighted by molar-refractivity contribution is -0.143. The average molecular weight is 384 g/mol. The number of carboxylic acids is 1. The van der Waals surface area contributed by atoms with Gasteiger partial charge in [0.05, 0.1) is 5.92 Å². The van der Waals surface area contributed by atoms with Crippen molar-refractivity contribution in [2.45, 2.75) is 117 Å². The van der Waals surface area contributed by atoms with Crippen LogP contribution in [0.4, 0.5) is 0 Å². The molecule has 1 amide bonds. The molecule has 4 nitrogen and oxygen atoms in total. The van der Waals surface area contributed by atoms with Crippen LogP contribution in [-0.4, -0.2) is 35.5 Å². The summed E-state index contributed by atoms with van der Waals surface area (Å²) < 4.78 is 0. The van der Waals surface area contributed by atoms with E-state index in [1.807, 2.05) is 7.05 Å². The van der Waals surface area contributed by atoms with Gasteiger partial charge >= 0.3 is 5.97 Å². The van der Waals surface area contributed by atoms with Crippen molar-refractivity contribution in [2.24, 2.45) is 5.92 Å². The second-order valence-corrected chi connectivity index (χ2v) is 8.07. The summed E-state index contributed by atoms with van der Waals surface area (Å²) in [6.45, 7) is 4.95. The second-order valence-electron chi connectivity index (χ2n) is 8.07. The number of carboxylic acid groups (broad SMARTS) is 1. The number of carbonyl (C=O) groups excluding carboxylic acids is 1. The number of unbranched alkanes of at least 4 members (excludes halogenated alkanes) is 11. The van der Waals surface area contributed by atoms with Crippen LogP contribution in [0.3, 0.4) is 0 Å². The second kappa shape index (κ2) is 18.3. The Kier molecular flexibility index (Phi) is 17.6. The molecule has 0 aromatic heterocycles. The molecule has 0 spiro atoms. The van der Waals surface area contributed by atoms with Crippen LogP contribution in [-0.2, 0) is 9.59 Å². The van der Waals surface area contributed by atoms with Crippen molar-refractivity contribution >= 4 is 11.9 Å². The van der Waals surface area contributed by atoms with E-state index >= 15 is 0 Å². The van der Waals surface area contributed by atoms with Gasteiger partial charge in [-0.25, -0.2) is 0 Å². The Balaban J connectivity index is 3.78. The van der Waals surface area contributed by atoms with E-state index in [0.29, 0.717) is 19.4 Å². The first-order chi connectivity index (χ1) is 13.0. The summed E-state index contributed by atoms with van der Waals surface area (Å²) >= 11 is 0. The number of nitrogens with zero attached hydrogens (tertiary/aromatic N) is 1. The third-order valence-corrected chi connectivity index (χ3v) is 5.49. The van der Waals surface area contributed by atoms with Crippen molar-refractivity contribution in [1.29, 1.82) is 0 Å². The minimum absolute atomic E-state index is 0.160. The first-order valence-corrected chi connectivity index (χ1v) is 11.5. The summed E-state index contributed by atoms with van der Waals surface area (Å²) in [6, 6.07) is 0. The molecule has 0 aromatic rings. The van der Waals surface area contributed by atoms with Gasteiger partial charge in [0.1, 0.15) is 0 Å². The zero-order chi connectivity index (χ0) is 20.3. The normalized spacial score (nSPS) is 12.1. The number of carbonyl (C=O) groups is 2. The van der Waals surface area contributed by atoms with E-state index in [-0.39, 0.29) is 11.8 Å². The van der Waals surface area contributed by atoms with Crippen LogP contribution in [0.15, 0.2) is 0 Å². The highest BCUT2D eigenvalue weighted by Crippen LogP contribution is 2.16. The van der Waals surface area contributed by atoms with Crippen LogP contribution in [0.25, 0.3) is 0 Å². The van der Waals surface area contributed by atoms with Crippen LogP contribution in [0.1, 0.15) is 117 Å². The van der Waals surface area contributed by atoms with Crippen LogP contribution >= 0.6 is 0 Å². The Bertz CT molecular complexity index is 371. The SMILES string of the molecule is CCCCCCCCCCCC(=O)N(C)CCC(CCCCCC)C(=O)O. The molecule has 0 saturated heterocycles. The summed E-state index contributed by atoms with van der Waals surface area (Å²) in [7, 11) is 1.81. The smallest absolute Gasteiger partial charge is 0.306 e. The number of amides is 1. The molecular weight excluding hydrogens is 338 g/mol. The molecule has 160 valence electrons. The molecule has 0 aliphatic heterocycles. The molecule has 0 radical (unpaired) electrons. The van der Waals surface area contributed by atoms with Gasteiger partial charge in [0, 0.05) is 20.0 Å². The molecule has 1 N–H and O–H groups in total. The number of hydrogen-bond donors (Lipinski definition) is 1. The predicted octanol–water partition coefficient (Wildman–Crippen LogP) is 6.43. The maximum Gasteiger partial charge on any atom is 0.306 e. The molecule has 0 aromatic carbocycles. The topological polar surface area (TPSA) is 57.6 Å². The van der Waals surface area contributed by atoms with Crippen molar-refractivity contribution in [3.8, 4) is 0 Å². The zero-order valence-corrected chi connectivity index (χ0v) is 18.3. The standard InChI is InChI=1S/C23H45NO3/c1-4-6-8-10-11-12-13-14-16-18-22(25)24(3)20-19-21(23(26)27)17-15-9-7-5-2/h21H,4-20H2,1-3H3,(H,26,27). The van der Waals surface area contributed by atoms with Gasteiger partial charge < -0.3 is 10.0 Å². The molecular formula is C23H45NO3. The molecule has 1 unspecified atom stereocenters. The monoisotopic (exact) mass is 383 g/mol. The fourth-order valence-corrected chi connectivity index (χ4v) is 3.46. The quantitative estimate of drug-likeness (QED) is 0.262. The summed E-state index contributed by atoms with van der Waals surface area (Å²) in [4.78, 5) is 25.3. The van der Waals surface area contributed by atoms with Gasteiger partial charge in [-0.1, -0.05) is 90.9 Å². The summed E-state index contributed by atoms with van der Waals surface area (Å²) in [5.74, 6) is -0.871. The molecule has 0 bridgehead atoms. The van der Waals surface area contributed by atoms with Crippen molar-refractivity contribution in [3.63, 3.8) is 0 Å². The molecule has 0 rings (SSSR count). The summed E-state index contributed by atoms with van der Waals surface area (Å²) in [5, 5.41) is 9.37. The fourth-order valence-electron chi connectivity index (χ4n) is 3.46. The minimum atomic E-state index is -0.716. The van der Waals surface area contributed by atoms with Crippen molar-refractivity contribution in [2.75, 3.05) is 13.6 Å². The molecule has 27 heavy (non-hydrogen) atoms. The molecule has 4 heteroatoms. The van der Waals surface area contributed by atoms with Crippen molar-refractivity contribution in [3.05, 3.63) is 0 Å². The average Bonchev–Trinajstić information content (AvgIpc) is 2.65. The van der Waals surface area contributed by atoms with E-state index in [1.54, 1.807) is 4.90 Å².